The molecule has 0 bridgehead atoms. The molecule has 0 spiro atoms. The Hall–Kier alpha value is -0.850. The fraction of sp³-hybridized carbons (Fsp3) is 0.600. The summed E-state index contributed by atoms with van der Waals surface area (Å²) in [5.74, 6) is -0.497. The van der Waals surface area contributed by atoms with Crippen LogP contribution in [0.25, 0.3) is 0 Å². The standard InChI is InChI=1S/C10H15ClN2O3S/c1-5(4-6(2)14)12-10-13-8(11)7(17-10)9(15)16-3/h5-6,14H,4H2,1-3H3,(H,12,13). The lowest BCUT2D eigenvalue weighted by Crippen LogP contribution is -2.20. The Labute approximate surface area is 109 Å². The van der Waals surface area contributed by atoms with E-state index in [0.717, 1.165) is 11.3 Å². The lowest BCUT2D eigenvalue weighted by atomic mass is 10.2. The Morgan fingerprint density at radius 1 is 1.65 bits per heavy atom. The maximum Gasteiger partial charge on any atom is 0.351 e. The molecule has 0 aliphatic heterocycles. The number of aliphatic hydroxyl groups is 1. The maximum atomic E-state index is 11.3. The number of thiazole rings is 1. The Bertz CT molecular complexity index is 395. The summed E-state index contributed by atoms with van der Waals surface area (Å²) in [6.07, 6.45) is 0.193. The van der Waals surface area contributed by atoms with E-state index in [4.69, 9.17) is 11.6 Å². The van der Waals surface area contributed by atoms with E-state index in [1.54, 1.807) is 6.92 Å². The minimum atomic E-state index is -0.497. The van der Waals surface area contributed by atoms with Crippen molar-refractivity contribution in [2.24, 2.45) is 0 Å². The molecule has 7 heteroatoms. The van der Waals surface area contributed by atoms with E-state index >= 15 is 0 Å². The third kappa shape index (κ3) is 4.14. The second kappa shape index (κ2) is 6.18. The van der Waals surface area contributed by atoms with Crippen LogP contribution in [-0.2, 0) is 4.74 Å². The topological polar surface area (TPSA) is 71.5 Å². The monoisotopic (exact) mass is 278 g/mol. The zero-order valence-corrected chi connectivity index (χ0v) is 11.4. The smallest absolute Gasteiger partial charge is 0.351 e. The minimum absolute atomic E-state index is 0.0442. The first-order valence-electron chi connectivity index (χ1n) is 5.13. The van der Waals surface area contributed by atoms with Crippen LogP contribution in [0, 0.1) is 0 Å². The van der Waals surface area contributed by atoms with Crippen molar-refractivity contribution in [3.8, 4) is 0 Å². The van der Waals surface area contributed by atoms with Gasteiger partial charge in [0.1, 0.15) is 0 Å². The third-order valence-corrected chi connectivity index (χ3v) is 3.37. The van der Waals surface area contributed by atoms with Gasteiger partial charge in [-0.3, -0.25) is 0 Å². The highest BCUT2D eigenvalue weighted by atomic mass is 35.5. The van der Waals surface area contributed by atoms with Crippen molar-refractivity contribution in [1.82, 2.24) is 4.98 Å². The number of aliphatic hydroxyl groups excluding tert-OH is 1. The summed E-state index contributed by atoms with van der Waals surface area (Å²) in [5, 5.41) is 13.0. The van der Waals surface area contributed by atoms with Gasteiger partial charge in [0.2, 0.25) is 0 Å². The van der Waals surface area contributed by atoms with Gasteiger partial charge >= 0.3 is 5.97 Å². The Kier molecular flexibility index (Phi) is 5.17. The van der Waals surface area contributed by atoms with Gasteiger partial charge < -0.3 is 15.2 Å². The van der Waals surface area contributed by atoms with E-state index in [0.29, 0.717) is 11.6 Å². The van der Waals surface area contributed by atoms with Crippen LogP contribution in [0.15, 0.2) is 0 Å². The Morgan fingerprint density at radius 2 is 2.29 bits per heavy atom. The number of hydrogen-bond donors (Lipinski definition) is 2. The second-order valence-corrected chi connectivity index (χ2v) is 5.12. The predicted octanol–water partition coefficient (Wildman–Crippen LogP) is 2.15. The van der Waals surface area contributed by atoms with Crippen LogP contribution >= 0.6 is 22.9 Å². The number of halogens is 1. The van der Waals surface area contributed by atoms with E-state index in [9.17, 15) is 9.90 Å². The molecule has 1 aromatic rings. The number of carbonyl (C=O) groups excluding carboxylic acids is 1. The highest BCUT2D eigenvalue weighted by Crippen LogP contribution is 2.28. The fourth-order valence-corrected chi connectivity index (χ4v) is 2.58. The quantitative estimate of drug-likeness (QED) is 0.808. The van der Waals surface area contributed by atoms with Crippen molar-refractivity contribution < 1.29 is 14.6 Å². The lowest BCUT2D eigenvalue weighted by molar-refractivity contribution is 0.0606. The van der Waals surface area contributed by atoms with E-state index in [-0.39, 0.29) is 16.1 Å². The summed E-state index contributed by atoms with van der Waals surface area (Å²) in [5.41, 5.74) is 0. The largest absolute Gasteiger partial charge is 0.465 e. The molecular formula is C10H15ClN2O3S. The number of rotatable bonds is 5. The first-order chi connectivity index (χ1) is 7.93. The molecule has 1 rings (SSSR count). The molecule has 2 unspecified atom stereocenters. The van der Waals surface area contributed by atoms with Gasteiger partial charge in [0.05, 0.1) is 13.2 Å². The molecule has 5 nitrogen and oxygen atoms in total. The Balaban J connectivity index is 2.70. The molecule has 1 heterocycles. The lowest BCUT2D eigenvalue weighted by Gasteiger charge is -2.13. The second-order valence-electron chi connectivity index (χ2n) is 3.76. The van der Waals surface area contributed by atoms with Crippen molar-refractivity contribution in [2.45, 2.75) is 32.4 Å². The molecule has 0 saturated carbocycles. The molecule has 0 fully saturated rings. The number of nitrogens with zero attached hydrogens (tertiary/aromatic N) is 1. The number of ether oxygens (including phenoxy) is 1. The average molecular weight is 279 g/mol. The first-order valence-corrected chi connectivity index (χ1v) is 6.32. The molecule has 0 aliphatic rings. The van der Waals surface area contributed by atoms with Crippen LogP contribution in [0.2, 0.25) is 5.15 Å². The molecule has 17 heavy (non-hydrogen) atoms. The van der Waals surface area contributed by atoms with Crippen LogP contribution in [0.5, 0.6) is 0 Å². The highest BCUT2D eigenvalue weighted by molar-refractivity contribution is 7.18. The average Bonchev–Trinajstić information content (AvgIpc) is 2.56. The zero-order chi connectivity index (χ0) is 13.0. The van der Waals surface area contributed by atoms with E-state index in [1.807, 2.05) is 6.92 Å². The first kappa shape index (κ1) is 14.2. The zero-order valence-electron chi connectivity index (χ0n) is 9.86. The summed E-state index contributed by atoms with van der Waals surface area (Å²) < 4.78 is 4.58. The van der Waals surface area contributed by atoms with Gasteiger partial charge in [0.25, 0.3) is 0 Å². The third-order valence-electron chi connectivity index (χ3n) is 2.02. The fourth-order valence-electron chi connectivity index (χ4n) is 1.36. The van der Waals surface area contributed by atoms with Crippen LogP contribution in [0.1, 0.15) is 29.9 Å². The number of hydrogen-bond acceptors (Lipinski definition) is 6. The van der Waals surface area contributed by atoms with Gasteiger partial charge in [-0.25, -0.2) is 9.78 Å². The number of esters is 1. The number of nitrogens with one attached hydrogen (secondary N) is 1. The van der Waals surface area contributed by atoms with Crippen LogP contribution in [-0.4, -0.2) is 35.3 Å². The van der Waals surface area contributed by atoms with Gasteiger partial charge in [-0.15, -0.1) is 0 Å². The van der Waals surface area contributed by atoms with E-state index < -0.39 is 12.1 Å². The van der Waals surface area contributed by atoms with Gasteiger partial charge in [-0.1, -0.05) is 22.9 Å². The van der Waals surface area contributed by atoms with E-state index in [1.165, 1.54) is 7.11 Å². The SMILES string of the molecule is COC(=O)c1sc(NC(C)CC(C)O)nc1Cl. The number of anilines is 1. The van der Waals surface area contributed by atoms with Crippen molar-refractivity contribution >= 4 is 34.0 Å². The highest BCUT2D eigenvalue weighted by Gasteiger charge is 2.18. The summed E-state index contributed by atoms with van der Waals surface area (Å²) in [7, 11) is 1.29. The minimum Gasteiger partial charge on any atom is -0.465 e. The summed E-state index contributed by atoms with van der Waals surface area (Å²) in [4.78, 5) is 15.6. The van der Waals surface area contributed by atoms with Crippen molar-refractivity contribution in [3.63, 3.8) is 0 Å². The molecule has 0 aromatic carbocycles. The van der Waals surface area contributed by atoms with Gasteiger partial charge in [-0.2, -0.15) is 0 Å². The molecule has 2 atom stereocenters. The molecule has 0 saturated heterocycles. The molecule has 96 valence electrons. The predicted molar refractivity (Wildman–Crippen MR) is 67.8 cm³/mol. The number of carbonyl (C=O) groups is 1. The molecule has 1 aromatic heterocycles. The van der Waals surface area contributed by atoms with Crippen LogP contribution in [0.4, 0.5) is 5.13 Å². The van der Waals surface area contributed by atoms with Gasteiger partial charge in [-0.05, 0) is 20.3 Å². The summed E-state index contributed by atoms with van der Waals surface area (Å²) in [6.45, 7) is 3.63. The van der Waals surface area contributed by atoms with Crippen LogP contribution in [0.3, 0.4) is 0 Å². The normalized spacial score (nSPS) is 14.2. The molecule has 0 radical (unpaired) electrons. The van der Waals surface area contributed by atoms with Gasteiger partial charge in [0.15, 0.2) is 15.2 Å². The Morgan fingerprint density at radius 3 is 2.82 bits per heavy atom. The van der Waals surface area contributed by atoms with E-state index in [2.05, 4.69) is 15.0 Å². The number of aromatic nitrogens is 1. The summed E-state index contributed by atoms with van der Waals surface area (Å²) >= 11 is 6.95. The maximum absolute atomic E-state index is 11.3. The molecular weight excluding hydrogens is 264 g/mol. The number of methoxy groups -OCH3 is 1. The molecule has 0 amide bonds. The molecule has 0 aliphatic carbocycles. The van der Waals surface area contributed by atoms with Crippen LogP contribution < -0.4 is 5.32 Å². The van der Waals surface area contributed by atoms with Crippen molar-refractivity contribution in [2.75, 3.05) is 12.4 Å². The van der Waals surface area contributed by atoms with Crippen molar-refractivity contribution in [3.05, 3.63) is 10.0 Å². The van der Waals surface area contributed by atoms with Crippen molar-refractivity contribution in [1.29, 1.82) is 0 Å². The molecule has 2 N–H and O–H groups in total. The summed E-state index contributed by atoms with van der Waals surface area (Å²) in [6, 6.07) is 0.0442. The van der Waals surface area contributed by atoms with Gasteiger partial charge in [0, 0.05) is 6.04 Å².